The number of rotatable bonds is 1. The molecule has 0 aliphatic rings. The van der Waals surface area contributed by atoms with E-state index < -0.39 is 0 Å². The Hall–Kier alpha value is -1.67. The molecule has 0 aliphatic carbocycles. The molecule has 2 N–H and O–H groups in total. The molecule has 4 nitrogen and oxygen atoms in total. The largest absolute Gasteiger partial charge is 0.375 e. The molecule has 60 valence electrons. The molecule has 0 saturated heterocycles. The summed E-state index contributed by atoms with van der Waals surface area (Å²) >= 11 is 4.66. The summed E-state index contributed by atoms with van der Waals surface area (Å²) < 4.78 is 0. The molecular weight excluding hydrogens is 172 g/mol. The van der Waals surface area contributed by atoms with Crippen LogP contribution < -0.4 is 10.6 Å². The summed E-state index contributed by atoms with van der Waals surface area (Å²) in [5, 5.41) is 8.67. The number of nitrogens with zero attached hydrogens (tertiary/aromatic N) is 3. The Balaban J connectivity index is 2.98. The maximum Gasteiger partial charge on any atom is 0.191 e. The first-order chi connectivity index (χ1) is 5.75. The van der Waals surface area contributed by atoms with Gasteiger partial charge in [0.25, 0.3) is 0 Å². The molecule has 1 aromatic rings. The van der Waals surface area contributed by atoms with E-state index in [1.807, 2.05) is 6.19 Å². The minimum Gasteiger partial charge on any atom is -0.375 e. The second-order valence-electron chi connectivity index (χ2n) is 1.98. The Labute approximate surface area is 75.2 Å². The van der Waals surface area contributed by atoms with Crippen LogP contribution in [-0.2, 0) is 0 Å². The van der Waals surface area contributed by atoms with Crippen molar-refractivity contribution in [2.45, 2.75) is 0 Å². The highest BCUT2D eigenvalue weighted by atomic mass is 32.1. The third-order valence-corrected chi connectivity index (χ3v) is 1.42. The van der Waals surface area contributed by atoms with Crippen molar-refractivity contribution in [2.24, 2.45) is 5.73 Å². The highest BCUT2D eigenvalue weighted by molar-refractivity contribution is 7.80. The van der Waals surface area contributed by atoms with Crippen molar-refractivity contribution >= 4 is 23.0 Å². The number of nitriles is 1. The molecule has 0 radical (unpaired) electrons. The smallest absolute Gasteiger partial charge is 0.191 e. The van der Waals surface area contributed by atoms with Crippen molar-refractivity contribution in [1.29, 1.82) is 5.26 Å². The van der Waals surface area contributed by atoms with Gasteiger partial charge in [0.2, 0.25) is 0 Å². The van der Waals surface area contributed by atoms with E-state index in [2.05, 4.69) is 17.2 Å². The first-order valence-electron chi connectivity index (χ1n) is 3.15. The predicted octanol–water partition coefficient (Wildman–Crippen LogP) is 0.613. The van der Waals surface area contributed by atoms with Crippen molar-refractivity contribution in [3.63, 3.8) is 0 Å². The molecule has 0 fully saturated rings. The van der Waals surface area contributed by atoms with Gasteiger partial charge in [-0.25, -0.2) is 4.90 Å². The van der Waals surface area contributed by atoms with Crippen molar-refractivity contribution in [3.05, 3.63) is 24.5 Å². The zero-order chi connectivity index (χ0) is 8.97. The first-order valence-corrected chi connectivity index (χ1v) is 3.56. The average molecular weight is 178 g/mol. The maximum atomic E-state index is 8.64. The lowest BCUT2D eigenvalue weighted by atomic mass is 10.4. The van der Waals surface area contributed by atoms with E-state index in [9.17, 15) is 0 Å². The molecule has 1 rings (SSSR count). The molecule has 0 unspecified atom stereocenters. The summed E-state index contributed by atoms with van der Waals surface area (Å²) in [7, 11) is 0. The van der Waals surface area contributed by atoms with Crippen molar-refractivity contribution < 1.29 is 0 Å². The number of hydrogen-bond acceptors (Lipinski definition) is 3. The van der Waals surface area contributed by atoms with Gasteiger partial charge in [-0.05, 0) is 24.4 Å². The van der Waals surface area contributed by atoms with Crippen LogP contribution in [0.2, 0.25) is 0 Å². The van der Waals surface area contributed by atoms with Crippen LogP contribution in [0.4, 0.5) is 5.69 Å². The van der Waals surface area contributed by atoms with E-state index >= 15 is 0 Å². The quantitative estimate of drug-likeness (QED) is 0.388. The molecule has 1 heterocycles. The normalized spacial score (nSPS) is 8.58. The van der Waals surface area contributed by atoms with E-state index in [1.54, 1.807) is 24.5 Å². The van der Waals surface area contributed by atoms with Crippen LogP contribution in [0.25, 0.3) is 0 Å². The van der Waals surface area contributed by atoms with Crippen molar-refractivity contribution in [1.82, 2.24) is 4.98 Å². The second-order valence-corrected chi connectivity index (χ2v) is 2.40. The summed E-state index contributed by atoms with van der Waals surface area (Å²) in [4.78, 5) is 4.95. The molecule has 0 spiro atoms. The van der Waals surface area contributed by atoms with E-state index in [0.717, 1.165) is 4.90 Å². The minimum atomic E-state index is 0.0312. The van der Waals surface area contributed by atoms with Crippen LogP contribution in [0.3, 0.4) is 0 Å². The number of hydrogen-bond donors (Lipinski definition) is 1. The van der Waals surface area contributed by atoms with Gasteiger partial charge in [0.1, 0.15) is 0 Å². The van der Waals surface area contributed by atoms with Gasteiger partial charge in [-0.3, -0.25) is 4.98 Å². The highest BCUT2D eigenvalue weighted by Gasteiger charge is 2.06. The molecule has 0 aromatic carbocycles. The summed E-state index contributed by atoms with van der Waals surface area (Å²) in [6.07, 6.45) is 4.99. The Kier molecular flexibility index (Phi) is 2.56. The lowest BCUT2D eigenvalue weighted by Gasteiger charge is -2.11. The van der Waals surface area contributed by atoms with Crippen LogP contribution in [-0.4, -0.2) is 10.1 Å². The first kappa shape index (κ1) is 8.43. The highest BCUT2D eigenvalue weighted by Crippen LogP contribution is 2.09. The van der Waals surface area contributed by atoms with Gasteiger partial charge in [-0.15, -0.1) is 0 Å². The van der Waals surface area contributed by atoms with Gasteiger partial charge in [0.05, 0.1) is 5.69 Å². The molecular formula is C7H6N4S. The molecule has 0 saturated carbocycles. The summed E-state index contributed by atoms with van der Waals surface area (Å²) in [5.74, 6) is 0. The van der Waals surface area contributed by atoms with E-state index in [4.69, 9.17) is 11.0 Å². The average Bonchev–Trinajstić information content (AvgIpc) is 2.07. The molecule has 0 atom stereocenters. The molecule has 0 aliphatic heterocycles. The standard InChI is InChI=1S/C7H6N4S/c8-5-11(7(9)12)6-1-3-10-4-2-6/h1-4H,(H2,9,12). The summed E-state index contributed by atoms with van der Waals surface area (Å²) in [5.41, 5.74) is 5.92. The SMILES string of the molecule is N#CN(C(N)=S)c1ccncc1. The fourth-order valence-corrected chi connectivity index (χ4v) is 0.874. The Morgan fingerprint density at radius 1 is 1.58 bits per heavy atom. The maximum absolute atomic E-state index is 8.64. The summed E-state index contributed by atoms with van der Waals surface area (Å²) in [6, 6.07) is 3.31. The van der Waals surface area contributed by atoms with Gasteiger partial charge in [0, 0.05) is 12.4 Å². The molecule has 0 amide bonds. The van der Waals surface area contributed by atoms with E-state index in [1.165, 1.54) is 0 Å². The zero-order valence-corrected chi connectivity index (χ0v) is 6.95. The van der Waals surface area contributed by atoms with Crippen molar-refractivity contribution in [2.75, 3.05) is 4.90 Å². The molecule has 12 heavy (non-hydrogen) atoms. The third kappa shape index (κ3) is 1.68. The lowest BCUT2D eigenvalue weighted by Crippen LogP contribution is -2.30. The van der Waals surface area contributed by atoms with Crippen LogP contribution in [0.1, 0.15) is 0 Å². The van der Waals surface area contributed by atoms with Crippen LogP contribution in [0, 0.1) is 11.5 Å². The van der Waals surface area contributed by atoms with Gasteiger partial charge in [-0.2, -0.15) is 5.26 Å². The molecule has 0 bridgehead atoms. The van der Waals surface area contributed by atoms with Gasteiger partial charge >= 0.3 is 0 Å². The van der Waals surface area contributed by atoms with Crippen LogP contribution in [0.15, 0.2) is 24.5 Å². The monoisotopic (exact) mass is 178 g/mol. The zero-order valence-electron chi connectivity index (χ0n) is 6.14. The lowest BCUT2D eigenvalue weighted by molar-refractivity contribution is 1.27. The summed E-state index contributed by atoms with van der Waals surface area (Å²) in [6.45, 7) is 0. The number of anilines is 1. The molecule has 5 heteroatoms. The number of aromatic nitrogens is 1. The molecule has 1 aromatic heterocycles. The van der Waals surface area contributed by atoms with Crippen LogP contribution >= 0.6 is 12.2 Å². The minimum absolute atomic E-state index is 0.0312. The Morgan fingerprint density at radius 3 is 2.58 bits per heavy atom. The fourth-order valence-electron chi connectivity index (χ4n) is 0.727. The fraction of sp³-hybridized carbons (Fsp3) is 0. The van der Waals surface area contributed by atoms with E-state index in [0.29, 0.717) is 5.69 Å². The Morgan fingerprint density at radius 2 is 2.17 bits per heavy atom. The second kappa shape index (κ2) is 3.64. The number of nitrogens with two attached hydrogens (primary N) is 1. The van der Waals surface area contributed by atoms with Crippen molar-refractivity contribution in [3.8, 4) is 6.19 Å². The number of thiocarbonyl (C=S) groups is 1. The Bertz CT molecular complexity index is 316. The van der Waals surface area contributed by atoms with Crippen LogP contribution in [0.5, 0.6) is 0 Å². The number of pyridine rings is 1. The van der Waals surface area contributed by atoms with Gasteiger partial charge in [0.15, 0.2) is 11.3 Å². The topological polar surface area (TPSA) is 65.9 Å². The van der Waals surface area contributed by atoms with E-state index in [-0.39, 0.29) is 5.11 Å². The van der Waals surface area contributed by atoms with Gasteiger partial charge in [-0.1, -0.05) is 0 Å². The predicted molar refractivity (Wildman–Crippen MR) is 49.1 cm³/mol. The van der Waals surface area contributed by atoms with Gasteiger partial charge < -0.3 is 5.73 Å². The third-order valence-electron chi connectivity index (χ3n) is 1.24.